The minimum Gasteiger partial charge on any atom is -0.455 e. The average molecular weight is 393 g/mol. The normalized spacial score (nSPS) is 10.7. The molecule has 0 aliphatic carbocycles. The molecule has 0 atom stereocenters. The smallest absolute Gasteiger partial charge is 0.275 e. The number of nitrogens with two attached hydrogens (primary N) is 1. The van der Waals surface area contributed by atoms with Crippen molar-refractivity contribution in [3.63, 3.8) is 0 Å². The van der Waals surface area contributed by atoms with Crippen LogP contribution in [0.15, 0.2) is 41.5 Å². The zero-order valence-corrected chi connectivity index (χ0v) is 14.4. The monoisotopic (exact) mass is 392 g/mol. The van der Waals surface area contributed by atoms with Gasteiger partial charge >= 0.3 is 0 Å². The van der Waals surface area contributed by atoms with Crippen LogP contribution in [-0.4, -0.2) is 16.5 Å². The number of rotatable bonds is 6. The summed E-state index contributed by atoms with van der Waals surface area (Å²) < 4.78 is 5.56. The van der Waals surface area contributed by atoms with Gasteiger partial charge in [0, 0.05) is 17.2 Å². The van der Waals surface area contributed by atoms with Gasteiger partial charge in [-0.1, -0.05) is 23.2 Å². The van der Waals surface area contributed by atoms with Crippen molar-refractivity contribution in [3.8, 4) is 17.6 Å². The minimum absolute atomic E-state index is 0.0995. The molecule has 0 aliphatic rings. The number of nitriles is 1. The van der Waals surface area contributed by atoms with E-state index in [-0.39, 0.29) is 33.6 Å². The summed E-state index contributed by atoms with van der Waals surface area (Å²) in [6.07, 6.45) is 0. The molecule has 0 fully saturated rings. The van der Waals surface area contributed by atoms with Gasteiger partial charge in [-0.2, -0.15) is 10.4 Å². The summed E-state index contributed by atoms with van der Waals surface area (Å²) in [5, 5.41) is 31.4. The maximum Gasteiger partial charge on any atom is 0.275 e. The first-order valence-electron chi connectivity index (χ1n) is 6.80. The fraction of sp³-hybridized carbons (Fsp3) is 0. The quantitative estimate of drug-likeness (QED) is 0.293. The first-order chi connectivity index (χ1) is 12.3. The Hall–Kier alpha value is -3.35. The van der Waals surface area contributed by atoms with Gasteiger partial charge in [-0.05, 0) is 18.2 Å². The van der Waals surface area contributed by atoms with Gasteiger partial charge < -0.3 is 10.5 Å². The zero-order chi connectivity index (χ0) is 19.3. The maximum atomic E-state index is 11.1. The largest absolute Gasteiger partial charge is 0.455 e. The van der Waals surface area contributed by atoms with Crippen molar-refractivity contribution >= 4 is 46.1 Å². The Morgan fingerprint density at radius 3 is 2.65 bits per heavy atom. The number of nitro groups is 1. The van der Waals surface area contributed by atoms with E-state index in [0.717, 1.165) is 0 Å². The summed E-state index contributed by atoms with van der Waals surface area (Å²) >= 11 is 11.8. The Bertz CT molecular complexity index is 955. The van der Waals surface area contributed by atoms with E-state index in [2.05, 4.69) is 10.5 Å². The molecule has 0 bridgehead atoms. The van der Waals surface area contributed by atoms with Crippen molar-refractivity contribution in [1.29, 1.82) is 10.7 Å². The van der Waals surface area contributed by atoms with Crippen molar-refractivity contribution in [2.45, 2.75) is 0 Å². The van der Waals surface area contributed by atoms with Crippen LogP contribution >= 0.6 is 23.2 Å². The lowest BCUT2D eigenvalue weighted by Crippen LogP contribution is -2.21. The number of non-ortho nitro benzene ring substituents is 1. The summed E-state index contributed by atoms with van der Waals surface area (Å²) in [6, 6.07) is 9.91. The van der Waals surface area contributed by atoms with Gasteiger partial charge in [-0.15, -0.1) is 0 Å². The SMILES string of the molecule is N#C/C(=N\Nc1cc(Oc2ccc(Cl)cc2Cl)cc([N+](=O)[O-])c1)C(=N)N. The Kier molecular flexibility index (Phi) is 5.95. The van der Waals surface area contributed by atoms with E-state index in [4.69, 9.17) is 44.3 Å². The van der Waals surface area contributed by atoms with Crippen molar-refractivity contribution in [2.24, 2.45) is 10.8 Å². The molecule has 0 amide bonds. The number of hydrazone groups is 1. The molecule has 0 spiro atoms. The lowest BCUT2D eigenvalue weighted by molar-refractivity contribution is -0.384. The second kappa shape index (κ2) is 8.15. The highest BCUT2D eigenvalue weighted by atomic mass is 35.5. The predicted molar refractivity (Wildman–Crippen MR) is 98.2 cm³/mol. The molecule has 0 radical (unpaired) electrons. The predicted octanol–water partition coefficient (Wildman–Crippen LogP) is 3.92. The molecule has 0 unspecified atom stereocenters. The molecule has 26 heavy (non-hydrogen) atoms. The van der Waals surface area contributed by atoms with Crippen molar-refractivity contribution in [1.82, 2.24) is 0 Å². The second-order valence-corrected chi connectivity index (χ2v) is 5.59. The Morgan fingerprint density at radius 1 is 1.35 bits per heavy atom. The van der Waals surface area contributed by atoms with E-state index in [1.165, 1.54) is 30.3 Å². The minimum atomic E-state index is -0.624. The molecular weight excluding hydrogens is 383 g/mol. The highest BCUT2D eigenvalue weighted by molar-refractivity contribution is 6.45. The highest BCUT2D eigenvalue weighted by Gasteiger charge is 2.13. The molecule has 2 rings (SSSR count). The highest BCUT2D eigenvalue weighted by Crippen LogP contribution is 2.34. The van der Waals surface area contributed by atoms with E-state index in [0.29, 0.717) is 5.02 Å². The van der Waals surface area contributed by atoms with E-state index in [1.54, 1.807) is 12.1 Å². The Balaban J connectivity index is 2.38. The molecule has 132 valence electrons. The van der Waals surface area contributed by atoms with Gasteiger partial charge in [0.2, 0.25) is 5.71 Å². The maximum absolute atomic E-state index is 11.1. The van der Waals surface area contributed by atoms with Gasteiger partial charge in [-0.25, -0.2) is 0 Å². The number of hydrogen-bond acceptors (Lipinski definition) is 7. The number of halogens is 2. The fourth-order valence-electron chi connectivity index (χ4n) is 1.76. The number of ether oxygens (including phenoxy) is 1. The Labute approximate surface area is 157 Å². The third-order valence-corrected chi connectivity index (χ3v) is 3.41. The molecule has 2 aromatic rings. The summed E-state index contributed by atoms with van der Waals surface area (Å²) in [6.45, 7) is 0. The van der Waals surface area contributed by atoms with Crippen LogP contribution in [-0.2, 0) is 0 Å². The molecule has 4 N–H and O–H groups in total. The standard InChI is InChI=1S/C15H10Cl2N6O3/c16-8-1-2-14(12(17)3-8)26-11-5-9(4-10(6-11)23(24)25)21-22-13(7-18)15(19)20/h1-6,21H,(H3,19,20)/b22-13+. The van der Waals surface area contributed by atoms with Crippen molar-refractivity contribution in [3.05, 3.63) is 56.6 Å². The van der Waals surface area contributed by atoms with Gasteiger partial charge in [-0.3, -0.25) is 20.9 Å². The van der Waals surface area contributed by atoms with Crippen LogP contribution in [0.25, 0.3) is 0 Å². The Morgan fingerprint density at radius 2 is 2.08 bits per heavy atom. The molecule has 0 aromatic heterocycles. The fourth-order valence-corrected chi connectivity index (χ4v) is 2.21. The molecule has 9 nitrogen and oxygen atoms in total. The topological polar surface area (TPSA) is 150 Å². The average Bonchev–Trinajstić information content (AvgIpc) is 2.57. The molecule has 2 aromatic carbocycles. The van der Waals surface area contributed by atoms with E-state index >= 15 is 0 Å². The first kappa shape index (κ1) is 19.0. The number of nitrogens with zero attached hydrogens (tertiary/aromatic N) is 3. The second-order valence-electron chi connectivity index (χ2n) is 4.75. The van der Waals surface area contributed by atoms with Crippen LogP contribution in [0, 0.1) is 26.9 Å². The number of amidine groups is 1. The van der Waals surface area contributed by atoms with Crippen LogP contribution in [0.5, 0.6) is 11.5 Å². The van der Waals surface area contributed by atoms with Crippen LogP contribution in [0.4, 0.5) is 11.4 Å². The third kappa shape index (κ3) is 4.83. The van der Waals surface area contributed by atoms with E-state index < -0.39 is 10.8 Å². The zero-order valence-electron chi connectivity index (χ0n) is 12.9. The van der Waals surface area contributed by atoms with Gasteiger partial charge in [0.05, 0.1) is 21.7 Å². The number of benzene rings is 2. The summed E-state index contributed by atoms with van der Waals surface area (Å²) in [5.74, 6) is -0.204. The van der Waals surface area contributed by atoms with E-state index in [1.807, 2.05) is 0 Å². The summed E-state index contributed by atoms with van der Waals surface area (Å²) in [4.78, 5) is 10.5. The van der Waals surface area contributed by atoms with Crippen molar-refractivity contribution in [2.75, 3.05) is 5.43 Å². The molecule has 11 heteroatoms. The van der Waals surface area contributed by atoms with Gasteiger partial charge in [0.15, 0.2) is 5.84 Å². The van der Waals surface area contributed by atoms with Gasteiger partial charge in [0.1, 0.15) is 17.6 Å². The molecule has 0 saturated heterocycles. The van der Waals surface area contributed by atoms with Crippen LogP contribution in [0.1, 0.15) is 0 Å². The lowest BCUT2D eigenvalue weighted by Gasteiger charge is -2.09. The van der Waals surface area contributed by atoms with E-state index in [9.17, 15) is 10.1 Å². The van der Waals surface area contributed by atoms with Crippen LogP contribution < -0.4 is 15.9 Å². The molecule has 0 aliphatic heterocycles. The number of anilines is 1. The number of hydrogen-bond donors (Lipinski definition) is 3. The first-order valence-corrected chi connectivity index (χ1v) is 7.56. The lowest BCUT2D eigenvalue weighted by atomic mass is 10.2. The molecular formula is C15H10Cl2N6O3. The van der Waals surface area contributed by atoms with Crippen molar-refractivity contribution < 1.29 is 9.66 Å². The summed E-state index contributed by atoms with van der Waals surface area (Å²) in [5.41, 5.74) is 7.10. The van der Waals surface area contributed by atoms with Gasteiger partial charge in [0.25, 0.3) is 5.69 Å². The molecule has 0 heterocycles. The third-order valence-electron chi connectivity index (χ3n) is 2.88. The summed E-state index contributed by atoms with van der Waals surface area (Å²) in [7, 11) is 0. The number of nitrogens with one attached hydrogen (secondary N) is 2. The number of nitro benzene ring substituents is 1. The van der Waals surface area contributed by atoms with Crippen LogP contribution in [0.2, 0.25) is 10.0 Å². The van der Waals surface area contributed by atoms with Crippen LogP contribution in [0.3, 0.4) is 0 Å². The molecule has 0 saturated carbocycles.